The number of hydrogen-bond donors (Lipinski definition) is 0. The van der Waals surface area contributed by atoms with Crippen LogP contribution in [-0.2, 0) is 9.59 Å². The molecule has 58 valence electrons. The third-order valence-electron chi connectivity index (χ3n) is 0.155. The first-order valence-electron chi connectivity index (χ1n) is 1.74. The van der Waals surface area contributed by atoms with Gasteiger partial charge in [0.05, 0.1) is 0 Å². The molecule has 5 nitrogen and oxygen atoms in total. The first-order valence-corrected chi connectivity index (χ1v) is 1.74. The van der Waals surface area contributed by atoms with Crippen molar-refractivity contribution in [2.75, 3.05) is 0 Å². The van der Waals surface area contributed by atoms with Gasteiger partial charge in [0.1, 0.15) is 0 Å². The first-order chi connectivity index (χ1) is 4.37. The van der Waals surface area contributed by atoms with Crippen LogP contribution >= 0.6 is 0 Å². The van der Waals surface area contributed by atoms with Crippen LogP contribution in [0, 0.1) is 0 Å². The van der Waals surface area contributed by atoms with Gasteiger partial charge in [-0.2, -0.15) is 8.78 Å². The fourth-order valence-corrected chi connectivity index (χ4v) is 0. The third kappa shape index (κ3) is 46.8. The minimum absolute atomic E-state index is 0. The Bertz CT molecular complexity index is 120. The molecule has 13 heavy (non-hydrogen) atoms. The standard InChI is InChI=1S/C2F2O2.BO3.3Cs/c3-1(5)2(4)6;2-1(3)4;;;/q;-3;3*+1. The van der Waals surface area contributed by atoms with E-state index < -0.39 is 19.4 Å². The first kappa shape index (κ1) is 31.0. The molecule has 0 saturated carbocycles. The molecule has 0 N–H and O–H groups in total. The monoisotopic (exact) mass is 552 g/mol. The van der Waals surface area contributed by atoms with Crippen LogP contribution in [0.2, 0.25) is 0 Å². The number of hydrogen-bond acceptors (Lipinski definition) is 5. The van der Waals surface area contributed by atoms with E-state index in [9.17, 15) is 8.78 Å². The molecule has 0 unspecified atom stereocenters. The molecule has 0 heterocycles. The van der Waals surface area contributed by atoms with Crippen LogP contribution in [0.3, 0.4) is 0 Å². The summed E-state index contributed by atoms with van der Waals surface area (Å²) in [7, 11) is -2.92. The Morgan fingerprint density at radius 1 is 0.846 bits per heavy atom. The molecular formula is C2BCs3F2O5. The second kappa shape index (κ2) is 22.5. The zero-order chi connectivity index (χ0) is 8.73. The summed E-state index contributed by atoms with van der Waals surface area (Å²) < 4.78 is 20.9. The zero-order valence-electron chi connectivity index (χ0n) is 7.37. The SMILES string of the molecule is O=C(F)C(=O)F.[Cs+].[Cs+].[Cs+].[O-]B([O-])[O-]. The average molecular weight is 552 g/mol. The van der Waals surface area contributed by atoms with Crippen LogP contribution < -0.4 is 222 Å². The summed E-state index contributed by atoms with van der Waals surface area (Å²) in [4.78, 5) is 17.5. The Hall–Kier alpha value is 5.30. The summed E-state index contributed by atoms with van der Waals surface area (Å²) in [5, 5.41) is 25.2. The zero-order valence-corrected chi connectivity index (χ0v) is 26.2. The third-order valence-corrected chi connectivity index (χ3v) is 0.155. The van der Waals surface area contributed by atoms with Crippen molar-refractivity contribution in [1.82, 2.24) is 0 Å². The van der Waals surface area contributed by atoms with E-state index in [1.807, 2.05) is 0 Å². The van der Waals surface area contributed by atoms with Gasteiger partial charge in [0, 0.05) is 0 Å². The van der Waals surface area contributed by atoms with E-state index in [0.29, 0.717) is 0 Å². The molecule has 0 atom stereocenters. The Balaban J connectivity index is -0.0000000279. The van der Waals surface area contributed by atoms with Crippen LogP contribution in [0.15, 0.2) is 0 Å². The van der Waals surface area contributed by atoms with Crippen molar-refractivity contribution in [3.63, 3.8) is 0 Å². The summed E-state index contributed by atoms with van der Waals surface area (Å²) in [6, 6.07) is -5.09. The van der Waals surface area contributed by atoms with Gasteiger partial charge in [0.25, 0.3) is 0 Å². The maximum absolute atomic E-state index is 10.5. The normalized spacial score (nSPS) is 5.62. The van der Waals surface area contributed by atoms with Crippen LogP contribution in [-0.4, -0.2) is 19.4 Å². The van der Waals surface area contributed by atoms with Gasteiger partial charge in [-0.05, 0) is 0 Å². The molecule has 0 aromatic carbocycles. The van der Waals surface area contributed by atoms with Gasteiger partial charge >= 0.3 is 219 Å². The van der Waals surface area contributed by atoms with Crippen molar-refractivity contribution >= 4 is 19.4 Å². The minimum Gasteiger partial charge on any atom is -0.907 e. The summed E-state index contributed by atoms with van der Waals surface area (Å²) in [5.41, 5.74) is 0. The summed E-state index contributed by atoms with van der Waals surface area (Å²) in [6.07, 6.45) is 0. The molecule has 0 amide bonds. The maximum atomic E-state index is 10.5. The van der Waals surface area contributed by atoms with Crippen molar-refractivity contribution < 1.29 is 240 Å². The predicted octanol–water partition coefficient (Wildman–Crippen LogP) is -13.0. The van der Waals surface area contributed by atoms with Crippen molar-refractivity contribution in [3.8, 4) is 0 Å². The summed E-state index contributed by atoms with van der Waals surface area (Å²) in [6.45, 7) is 0. The van der Waals surface area contributed by atoms with E-state index in [0.717, 1.165) is 0 Å². The Morgan fingerprint density at radius 3 is 0.923 bits per heavy atom. The fourth-order valence-electron chi connectivity index (χ4n) is 0. The van der Waals surface area contributed by atoms with E-state index >= 15 is 0 Å². The van der Waals surface area contributed by atoms with Gasteiger partial charge in [-0.25, -0.2) is 9.59 Å². The molecule has 0 fully saturated rings. The Kier molecular flexibility index (Phi) is 53.5. The van der Waals surface area contributed by atoms with Gasteiger partial charge in [-0.15, -0.1) is 0 Å². The van der Waals surface area contributed by atoms with Gasteiger partial charge in [0.15, 0.2) is 0 Å². The second-order valence-electron chi connectivity index (χ2n) is 0.836. The van der Waals surface area contributed by atoms with Crippen LogP contribution in [0.5, 0.6) is 0 Å². The van der Waals surface area contributed by atoms with Crippen molar-refractivity contribution in [1.29, 1.82) is 0 Å². The maximum Gasteiger partial charge on any atom is 1.00 e. The van der Waals surface area contributed by atoms with E-state index in [4.69, 9.17) is 24.7 Å². The quantitative estimate of drug-likeness (QED) is 0.183. The number of rotatable bonds is 1. The molecule has 0 radical (unpaired) electrons. The molecule has 0 aliphatic heterocycles. The average Bonchev–Trinajstić information content (AvgIpc) is 1.63. The Morgan fingerprint density at radius 2 is 0.923 bits per heavy atom. The van der Waals surface area contributed by atoms with Gasteiger partial charge in [-0.1, -0.05) is 0 Å². The molecule has 0 aromatic rings. The van der Waals surface area contributed by atoms with Crippen molar-refractivity contribution in [2.24, 2.45) is 0 Å². The molecule has 0 aliphatic carbocycles. The minimum atomic E-state index is -2.92. The second-order valence-corrected chi connectivity index (χ2v) is 0.836. The topological polar surface area (TPSA) is 103 Å². The molecule has 0 aliphatic rings. The summed E-state index contributed by atoms with van der Waals surface area (Å²) >= 11 is 0. The predicted molar refractivity (Wildman–Crippen MR) is 18.0 cm³/mol. The van der Waals surface area contributed by atoms with E-state index in [1.165, 1.54) is 0 Å². The molecule has 0 rings (SSSR count). The molecule has 11 heteroatoms. The van der Waals surface area contributed by atoms with Gasteiger partial charge in [-0.3, -0.25) is 7.32 Å². The summed E-state index contributed by atoms with van der Waals surface area (Å²) in [5.74, 6) is 0. The number of halogens is 2. The van der Waals surface area contributed by atoms with Crippen LogP contribution in [0.1, 0.15) is 0 Å². The molecule has 0 aromatic heterocycles. The fraction of sp³-hybridized carbons (Fsp3) is 0. The molecule has 0 spiro atoms. The molecule has 0 saturated heterocycles. The largest absolute Gasteiger partial charge is 1.00 e. The van der Waals surface area contributed by atoms with Gasteiger partial charge < -0.3 is 15.1 Å². The molecule has 0 bridgehead atoms. The number of carbonyl (C=O) groups excluding carboxylic acids is 2. The van der Waals surface area contributed by atoms with E-state index in [-0.39, 0.29) is 207 Å². The van der Waals surface area contributed by atoms with E-state index in [1.54, 1.807) is 0 Å². The number of carbonyl (C=O) groups is 2. The smallest absolute Gasteiger partial charge is 0.907 e. The Labute approximate surface area is 250 Å². The van der Waals surface area contributed by atoms with Crippen molar-refractivity contribution in [3.05, 3.63) is 0 Å². The molecular weight excluding hydrogens is 552 g/mol. The van der Waals surface area contributed by atoms with Gasteiger partial charge in [0.2, 0.25) is 0 Å². The van der Waals surface area contributed by atoms with E-state index in [2.05, 4.69) is 0 Å². The van der Waals surface area contributed by atoms with Crippen molar-refractivity contribution in [2.45, 2.75) is 0 Å². The van der Waals surface area contributed by atoms with Crippen LogP contribution in [0.4, 0.5) is 8.78 Å². The van der Waals surface area contributed by atoms with Crippen LogP contribution in [0.25, 0.3) is 0 Å².